The van der Waals surface area contributed by atoms with Gasteiger partial charge in [-0.05, 0) is 107 Å². The molecule has 0 amide bonds. The predicted molar refractivity (Wildman–Crippen MR) is 256 cm³/mol. The predicted octanol–water partition coefficient (Wildman–Crippen LogP) is 13.4. The van der Waals surface area contributed by atoms with Gasteiger partial charge in [-0.1, -0.05) is 101 Å². The van der Waals surface area contributed by atoms with Crippen LogP contribution in [0.3, 0.4) is 0 Å². The molecule has 0 aliphatic rings. The number of fused-ring (bicyclic) bond motifs is 3. The number of aromatic nitrogens is 3. The Morgan fingerprint density at radius 1 is 0.554 bits per heavy atom. The zero-order valence-corrected chi connectivity index (χ0v) is 37.0. The normalized spacial score (nSPS) is 15.4. The maximum absolute atomic E-state index is 10.2. The van der Waals surface area contributed by atoms with Crippen LogP contribution >= 0.6 is 0 Å². The Hall–Kier alpha value is -7.29. The fourth-order valence-corrected chi connectivity index (χ4v) is 7.27. The number of pyridine rings is 3. The number of nitrogens with zero attached hydrogens (tertiary/aromatic N) is 4. The van der Waals surface area contributed by atoms with Crippen molar-refractivity contribution in [3.05, 3.63) is 233 Å². The Balaban J connectivity index is 0.00000740. The summed E-state index contributed by atoms with van der Waals surface area (Å²) >= 11 is 0. The Morgan fingerprint density at radius 3 is 1.54 bits per heavy atom. The molecule has 314 valence electrons. The van der Waals surface area contributed by atoms with Crippen LogP contribution in [0.5, 0.6) is 0 Å². The molecule has 0 aliphatic heterocycles. The molecule has 4 heterocycles. The van der Waals surface area contributed by atoms with Crippen LogP contribution in [-0.4, -0.2) is 15.0 Å². The Labute approximate surface area is 412 Å². The van der Waals surface area contributed by atoms with E-state index in [1.54, 1.807) is 66.7 Å². The van der Waals surface area contributed by atoms with Gasteiger partial charge in [-0.25, -0.2) is 0 Å². The molecule has 0 bridgehead atoms. The van der Waals surface area contributed by atoms with Crippen LogP contribution in [0.1, 0.15) is 62.3 Å². The summed E-state index contributed by atoms with van der Waals surface area (Å²) in [6.45, 7) is 1.94. The van der Waals surface area contributed by atoms with Gasteiger partial charge in [0.25, 0.3) is 0 Å². The third-order valence-corrected chi connectivity index (χ3v) is 10.5. The first-order valence-electron chi connectivity index (χ1n) is 26.9. The smallest absolute Gasteiger partial charge is 0.500 e. The summed E-state index contributed by atoms with van der Waals surface area (Å²) in [6, 6.07) is 49.1. The quantitative estimate of drug-likeness (QED) is 0.108. The van der Waals surface area contributed by atoms with E-state index in [1.807, 2.05) is 31.2 Å². The third kappa shape index (κ3) is 9.64. The van der Waals surface area contributed by atoms with Gasteiger partial charge in [0.05, 0.1) is 18.6 Å². The zero-order valence-electron chi connectivity index (χ0n) is 47.6. The van der Waals surface area contributed by atoms with Crippen molar-refractivity contribution in [3.8, 4) is 51.0 Å². The van der Waals surface area contributed by atoms with Crippen LogP contribution in [0.25, 0.3) is 66.8 Å². The molecule has 0 fully saturated rings. The Bertz CT molecular complexity index is 3760. The topological polar surface area (TPSA) is 75.6 Å². The molecule has 10 rings (SSSR count). The van der Waals surface area contributed by atoms with E-state index < -0.39 is 54.9 Å². The summed E-state index contributed by atoms with van der Waals surface area (Å²) < 4.78 is 128. The average Bonchev–Trinajstić information content (AvgIpc) is 3.92. The van der Waals surface area contributed by atoms with Crippen LogP contribution in [0.15, 0.2) is 175 Å². The van der Waals surface area contributed by atoms with E-state index in [4.69, 9.17) is 5.79 Å². The average molecular weight is 1030 g/mol. The van der Waals surface area contributed by atoms with Crippen molar-refractivity contribution in [2.45, 2.75) is 45.2 Å². The van der Waals surface area contributed by atoms with Crippen molar-refractivity contribution in [1.29, 1.82) is 5.26 Å². The number of furan rings is 1. The molecular weight excluding hydrogens is 973 g/mol. The van der Waals surface area contributed by atoms with E-state index in [0.29, 0.717) is 61.1 Å². The molecule has 0 saturated heterocycles. The van der Waals surface area contributed by atoms with Crippen LogP contribution in [0.2, 0.25) is 0 Å². The van der Waals surface area contributed by atoms with Gasteiger partial charge in [-0.15, -0.1) is 90.0 Å². The van der Waals surface area contributed by atoms with E-state index in [-0.39, 0.29) is 54.1 Å². The standard InChI is InChI=1S/C59H43N4O.Ir/c1-40-15-26-49(27-16-40)57-50(36-60)28-29-52-51-13-8-14-53(58(51)64-59(52)57)56-32-25-43(39-63-56)19-22-46-34-44(20-17-41-23-30-54(61-37-41)47-9-4-2-5-10-47)33-45(35-46)21-18-42-24-31-55(62-38-42)48-11-6-3-7-12-48;/h2-9,11,13,15-16,23-35,37-39H,17-22H2,1H3;/q-3;+3/i17D2,18D2,19D2,20D2,21D2,22D2,28D;. The largest absolute Gasteiger partial charge is 3.00 e. The van der Waals surface area contributed by atoms with E-state index in [2.05, 4.69) is 39.2 Å². The minimum absolute atomic E-state index is 0. The van der Waals surface area contributed by atoms with Gasteiger partial charge in [0.15, 0.2) is 0 Å². The van der Waals surface area contributed by atoms with Gasteiger partial charge in [0, 0.05) is 46.0 Å². The second-order valence-corrected chi connectivity index (χ2v) is 14.9. The molecule has 6 heteroatoms. The van der Waals surface area contributed by atoms with Gasteiger partial charge < -0.3 is 19.4 Å². The molecule has 6 aromatic carbocycles. The monoisotopic (exact) mass is 1030 g/mol. The van der Waals surface area contributed by atoms with E-state index in [1.165, 1.54) is 48.8 Å². The van der Waals surface area contributed by atoms with Gasteiger partial charge in [-0.3, -0.25) is 0 Å². The maximum Gasteiger partial charge on any atom is 3.00 e. The van der Waals surface area contributed by atoms with Crippen LogP contribution in [0.4, 0.5) is 0 Å². The summed E-state index contributed by atoms with van der Waals surface area (Å²) in [5.74, 6) is 0. The molecule has 0 atom stereocenters. The van der Waals surface area contributed by atoms with E-state index in [9.17, 15) is 21.7 Å². The molecule has 0 spiro atoms. The molecule has 65 heavy (non-hydrogen) atoms. The maximum atomic E-state index is 10.2. The van der Waals surface area contributed by atoms with Crippen molar-refractivity contribution < 1.29 is 42.3 Å². The SMILES string of the molecule is [2H]c1cc2c(oc3c(-c4ccc(C([2H])([2H])C([2H])([2H])c5cc(C([2H])([2H])C([2H])([2H])c6ccc(-c7[c-]cccc7)nc6)cc(C([2H])([2H])C([2H])([2H])c6ccc(-c7[c-]cccc7)nc6)c5)cn4)[c-]ccc32)c(-c2ccc(C)cc2)c1C#N.[Ir+3]. The zero-order chi connectivity index (χ0) is 54.9. The molecular formula is C59H43IrN4O. The number of hydrogen-bond donors (Lipinski definition) is 0. The third-order valence-electron chi connectivity index (χ3n) is 10.5. The summed E-state index contributed by atoms with van der Waals surface area (Å²) in [5, 5.41) is 11.3. The Morgan fingerprint density at radius 2 is 1.06 bits per heavy atom. The van der Waals surface area contributed by atoms with Gasteiger partial charge >= 0.3 is 20.1 Å². The van der Waals surface area contributed by atoms with Crippen LogP contribution < -0.4 is 0 Å². The first-order valence-corrected chi connectivity index (χ1v) is 20.4. The second kappa shape index (κ2) is 19.6. The van der Waals surface area contributed by atoms with Crippen molar-refractivity contribution in [2.75, 3.05) is 0 Å². The van der Waals surface area contributed by atoms with Gasteiger partial charge in [-0.2, -0.15) is 5.26 Å². The summed E-state index contributed by atoms with van der Waals surface area (Å²) in [4.78, 5) is 13.3. The van der Waals surface area contributed by atoms with Crippen molar-refractivity contribution >= 4 is 21.9 Å². The van der Waals surface area contributed by atoms with Crippen molar-refractivity contribution in [1.82, 2.24) is 15.0 Å². The molecule has 5 nitrogen and oxygen atoms in total. The number of benzene rings is 6. The fraction of sp³-hybridized carbons (Fsp3) is 0.119. The van der Waals surface area contributed by atoms with Gasteiger partial charge in [0.2, 0.25) is 0 Å². The summed E-state index contributed by atoms with van der Waals surface area (Å²) in [7, 11) is 0. The number of nitriles is 1. The van der Waals surface area contributed by atoms with Crippen molar-refractivity contribution in [2.24, 2.45) is 0 Å². The molecule has 0 radical (unpaired) electrons. The number of aryl methyl sites for hydroxylation is 7. The van der Waals surface area contributed by atoms with Crippen LogP contribution in [0, 0.1) is 36.5 Å². The van der Waals surface area contributed by atoms with Crippen LogP contribution in [-0.2, 0) is 58.3 Å². The molecule has 0 N–H and O–H groups in total. The molecule has 10 aromatic rings. The molecule has 0 aliphatic carbocycles. The first kappa shape index (κ1) is 30.0. The summed E-state index contributed by atoms with van der Waals surface area (Å²) in [5.41, 5.74) is 3.08. The van der Waals surface area contributed by atoms with E-state index in [0.717, 1.165) is 30.0 Å². The molecule has 4 aromatic heterocycles. The molecule has 0 saturated carbocycles. The fourth-order valence-electron chi connectivity index (χ4n) is 7.27. The second-order valence-electron chi connectivity index (χ2n) is 14.9. The minimum Gasteiger partial charge on any atom is -0.500 e. The summed E-state index contributed by atoms with van der Waals surface area (Å²) in [6.07, 6.45) is -14.8. The Kier molecular flexibility index (Phi) is 9.04. The first-order chi connectivity index (χ1) is 36.5. The van der Waals surface area contributed by atoms with E-state index >= 15 is 0 Å². The molecule has 0 unspecified atom stereocenters. The minimum atomic E-state index is -3.17. The van der Waals surface area contributed by atoms with Gasteiger partial charge in [0.1, 0.15) is 5.58 Å². The number of hydrogen-bond acceptors (Lipinski definition) is 5. The number of rotatable bonds is 13. The van der Waals surface area contributed by atoms with Crippen molar-refractivity contribution in [3.63, 3.8) is 0 Å².